The average Bonchev–Trinajstić information content (AvgIpc) is 2.71. The maximum absolute atomic E-state index is 13.4. The number of nitrogens with zero attached hydrogens (tertiary/aromatic N) is 2. The Balaban J connectivity index is 2.44. The number of anilines is 1. The summed E-state index contributed by atoms with van der Waals surface area (Å²) < 4.78 is 26.8. The standard InChI is InChI=1S/C22H28BrN3O4S/c1-5-20(22(28)24-3)25(14-17-10-7-6-9-16(17)2)21(27)15-26(31(4,29)30)19-12-8-11-18(23)13-19/h6-13,20H,5,14-15H2,1-4H3,(H,24,28). The number of nitrogens with one attached hydrogen (secondary N) is 1. The van der Waals surface area contributed by atoms with Gasteiger partial charge in [-0.3, -0.25) is 13.9 Å². The molecule has 168 valence electrons. The van der Waals surface area contributed by atoms with Gasteiger partial charge in [-0.1, -0.05) is 53.2 Å². The largest absolute Gasteiger partial charge is 0.357 e. The summed E-state index contributed by atoms with van der Waals surface area (Å²) in [5, 5.41) is 2.60. The van der Waals surface area contributed by atoms with Crippen molar-refractivity contribution in [2.75, 3.05) is 24.2 Å². The van der Waals surface area contributed by atoms with E-state index in [1.807, 2.05) is 38.1 Å². The van der Waals surface area contributed by atoms with E-state index in [1.165, 1.54) is 11.9 Å². The lowest BCUT2D eigenvalue weighted by atomic mass is 10.1. The smallest absolute Gasteiger partial charge is 0.244 e. The molecular weight excluding hydrogens is 482 g/mol. The van der Waals surface area contributed by atoms with E-state index in [2.05, 4.69) is 21.2 Å². The van der Waals surface area contributed by atoms with Gasteiger partial charge in [-0.15, -0.1) is 0 Å². The van der Waals surface area contributed by atoms with Crippen LogP contribution in [-0.4, -0.2) is 51.0 Å². The van der Waals surface area contributed by atoms with E-state index in [9.17, 15) is 18.0 Å². The summed E-state index contributed by atoms with van der Waals surface area (Å²) in [7, 11) is -2.22. The molecule has 9 heteroatoms. The van der Waals surface area contributed by atoms with Crippen LogP contribution in [0.2, 0.25) is 0 Å². The van der Waals surface area contributed by atoms with Crippen LogP contribution in [0.5, 0.6) is 0 Å². The van der Waals surface area contributed by atoms with Gasteiger partial charge >= 0.3 is 0 Å². The van der Waals surface area contributed by atoms with E-state index in [-0.39, 0.29) is 12.5 Å². The number of hydrogen-bond donors (Lipinski definition) is 1. The van der Waals surface area contributed by atoms with Crippen LogP contribution in [-0.2, 0) is 26.2 Å². The number of halogens is 1. The molecular formula is C22H28BrN3O4S. The molecule has 1 unspecified atom stereocenters. The number of hydrogen-bond acceptors (Lipinski definition) is 4. The highest BCUT2D eigenvalue weighted by molar-refractivity contribution is 9.10. The molecule has 0 aliphatic carbocycles. The number of aryl methyl sites for hydroxylation is 1. The fraction of sp³-hybridized carbons (Fsp3) is 0.364. The molecule has 2 aromatic carbocycles. The minimum Gasteiger partial charge on any atom is -0.357 e. The Morgan fingerprint density at radius 3 is 2.35 bits per heavy atom. The molecule has 0 radical (unpaired) electrons. The summed E-state index contributed by atoms with van der Waals surface area (Å²) in [5.74, 6) is -0.748. The molecule has 0 aliphatic rings. The van der Waals surface area contributed by atoms with Gasteiger partial charge in [0, 0.05) is 18.1 Å². The van der Waals surface area contributed by atoms with Crippen LogP contribution in [0.15, 0.2) is 53.0 Å². The third kappa shape index (κ3) is 6.54. The van der Waals surface area contributed by atoms with Crippen LogP contribution in [0.3, 0.4) is 0 Å². The van der Waals surface area contributed by atoms with Gasteiger partial charge in [0.1, 0.15) is 12.6 Å². The first kappa shape index (κ1) is 24.9. The zero-order valence-corrected chi connectivity index (χ0v) is 20.5. The number of carbonyl (C=O) groups excluding carboxylic acids is 2. The Morgan fingerprint density at radius 1 is 1.13 bits per heavy atom. The van der Waals surface area contributed by atoms with Gasteiger partial charge in [-0.25, -0.2) is 8.42 Å². The number of sulfonamides is 1. The van der Waals surface area contributed by atoms with E-state index in [0.29, 0.717) is 16.6 Å². The predicted molar refractivity (Wildman–Crippen MR) is 126 cm³/mol. The topological polar surface area (TPSA) is 86.8 Å². The number of amides is 2. The van der Waals surface area contributed by atoms with E-state index in [4.69, 9.17) is 0 Å². The highest BCUT2D eigenvalue weighted by Gasteiger charge is 2.31. The first-order valence-electron chi connectivity index (χ1n) is 9.87. The molecule has 0 saturated carbocycles. The zero-order valence-electron chi connectivity index (χ0n) is 18.1. The molecule has 0 fully saturated rings. The lowest BCUT2D eigenvalue weighted by molar-refractivity contribution is -0.140. The predicted octanol–water partition coefficient (Wildman–Crippen LogP) is 3.08. The van der Waals surface area contributed by atoms with E-state index in [0.717, 1.165) is 21.7 Å². The Bertz CT molecular complexity index is 1040. The molecule has 2 amide bonds. The maximum Gasteiger partial charge on any atom is 0.244 e. The lowest BCUT2D eigenvalue weighted by Gasteiger charge is -2.33. The molecule has 2 aromatic rings. The number of likely N-dealkylation sites (N-methyl/N-ethyl adjacent to an activating group) is 1. The van der Waals surface area contributed by atoms with Gasteiger partial charge in [0.25, 0.3) is 0 Å². The molecule has 7 nitrogen and oxygen atoms in total. The van der Waals surface area contributed by atoms with Crippen LogP contribution in [0.1, 0.15) is 24.5 Å². The minimum absolute atomic E-state index is 0.202. The van der Waals surface area contributed by atoms with Crippen LogP contribution in [0.4, 0.5) is 5.69 Å². The third-order valence-corrected chi connectivity index (χ3v) is 6.64. The van der Waals surface area contributed by atoms with Crippen molar-refractivity contribution < 1.29 is 18.0 Å². The first-order chi connectivity index (χ1) is 14.6. The molecule has 0 bridgehead atoms. The van der Waals surface area contributed by atoms with Crippen molar-refractivity contribution in [3.05, 3.63) is 64.1 Å². The molecule has 0 heterocycles. The van der Waals surface area contributed by atoms with Crippen LogP contribution in [0.25, 0.3) is 0 Å². The van der Waals surface area contributed by atoms with Crippen molar-refractivity contribution in [3.8, 4) is 0 Å². The summed E-state index contributed by atoms with van der Waals surface area (Å²) in [5.41, 5.74) is 2.25. The SMILES string of the molecule is CCC(C(=O)NC)N(Cc1ccccc1C)C(=O)CN(c1cccc(Br)c1)S(C)(=O)=O. The number of benzene rings is 2. The van der Waals surface area contributed by atoms with Gasteiger partial charge in [-0.2, -0.15) is 0 Å². The highest BCUT2D eigenvalue weighted by atomic mass is 79.9. The Labute approximate surface area is 192 Å². The van der Waals surface area contributed by atoms with Crippen molar-refractivity contribution in [3.63, 3.8) is 0 Å². The molecule has 1 atom stereocenters. The Kier molecular flexibility index (Phi) is 8.64. The van der Waals surface area contributed by atoms with Crippen molar-refractivity contribution in [2.24, 2.45) is 0 Å². The van der Waals surface area contributed by atoms with Crippen molar-refractivity contribution >= 4 is 43.5 Å². The second-order valence-corrected chi connectivity index (χ2v) is 10.1. The maximum atomic E-state index is 13.4. The number of carbonyl (C=O) groups is 2. The minimum atomic E-state index is -3.74. The first-order valence-corrected chi connectivity index (χ1v) is 12.5. The molecule has 31 heavy (non-hydrogen) atoms. The molecule has 0 spiro atoms. The third-order valence-electron chi connectivity index (χ3n) is 5.01. The van der Waals surface area contributed by atoms with Crippen LogP contribution < -0.4 is 9.62 Å². The molecule has 0 aliphatic heterocycles. The quantitative estimate of drug-likeness (QED) is 0.562. The zero-order chi connectivity index (χ0) is 23.2. The second-order valence-electron chi connectivity index (χ2n) is 7.24. The van der Waals surface area contributed by atoms with E-state index >= 15 is 0 Å². The van der Waals surface area contributed by atoms with E-state index in [1.54, 1.807) is 24.3 Å². The van der Waals surface area contributed by atoms with Crippen molar-refractivity contribution in [1.82, 2.24) is 10.2 Å². The van der Waals surface area contributed by atoms with Gasteiger partial charge in [-0.05, 0) is 42.7 Å². The summed E-state index contributed by atoms with van der Waals surface area (Å²) in [6.07, 6.45) is 1.45. The summed E-state index contributed by atoms with van der Waals surface area (Å²) in [4.78, 5) is 27.4. The second kappa shape index (κ2) is 10.8. The highest BCUT2D eigenvalue weighted by Crippen LogP contribution is 2.23. The normalized spacial score (nSPS) is 12.2. The Hall–Kier alpha value is -2.39. The Morgan fingerprint density at radius 2 is 1.81 bits per heavy atom. The van der Waals surface area contributed by atoms with Gasteiger partial charge in [0.05, 0.1) is 11.9 Å². The lowest BCUT2D eigenvalue weighted by Crippen LogP contribution is -2.51. The molecule has 1 N–H and O–H groups in total. The fourth-order valence-corrected chi connectivity index (χ4v) is 4.53. The molecule has 2 rings (SSSR count). The van der Waals surface area contributed by atoms with E-state index < -0.39 is 28.5 Å². The van der Waals surface area contributed by atoms with Crippen molar-refractivity contribution in [2.45, 2.75) is 32.9 Å². The summed E-state index contributed by atoms with van der Waals surface area (Å²) in [6, 6.07) is 13.6. The van der Waals surface area contributed by atoms with Crippen LogP contribution >= 0.6 is 15.9 Å². The summed E-state index contributed by atoms with van der Waals surface area (Å²) >= 11 is 3.34. The van der Waals surface area contributed by atoms with Gasteiger partial charge < -0.3 is 10.2 Å². The summed E-state index contributed by atoms with van der Waals surface area (Å²) in [6.45, 7) is 3.55. The van der Waals surface area contributed by atoms with Crippen molar-refractivity contribution in [1.29, 1.82) is 0 Å². The number of rotatable bonds is 9. The average molecular weight is 510 g/mol. The van der Waals surface area contributed by atoms with Gasteiger partial charge in [0.2, 0.25) is 21.8 Å². The monoisotopic (exact) mass is 509 g/mol. The fourth-order valence-electron chi connectivity index (χ4n) is 3.30. The van der Waals surface area contributed by atoms with Gasteiger partial charge in [0.15, 0.2) is 0 Å². The molecule has 0 saturated heterocycles. The van der Waals surface area contributed by atoms with Crippen LogP contribution in [0, 0.1) is 6.92 Å². The molecule has 0 aromatic heterocycles.